The summed E-state index contributed by atoms with van der Waals surface area (Å²) in [6.07, 6.45) is 8.61. The smallest absolute Gasteiger partial charge is 0.0349 e. The molecule has 0 radical (unpaired) electrons. The van der Waals surface area contributed by atoms with E-state index in [4.69, 9.17) is 11.5 Å². The molecule has 0 aliphatic rings. The molecule has 0 spiro atoms. The molecule has 0 atom stereocenters. The Kier molecular flexibility index (Phi) is 5.42. The Hall–Kier alpha value is -3.08. The van der Waals surface area contributed by atoms with Crippen LogP contribution in [0.15, 0.2) is 71.4 Å². The molecule has 0 bridgehead atoms. The lowest BCUT2D eigenvalue weighted by Gasteiger charge is -2.01. The van der Waals surface area contributed by atoms with Gasteiger partial charge in [-0.05, 0) is 70.4 Å². The third-order valence-electron chi connectivity index (χ3n) is 4.41. The number of hydrogen-bond acceptors (Lipinski definition) is 4. The summed E-state index contributed by atoms with van der Waals surface area (Å²) in [4.78, 5) is 2.50. The summed E-state index contributed by atoms with van der Waals surface area (Å²) in [7, 11) is 0. The lowest BCUT2D eigenvalue weighted by molar-refractivity contribution is 1.65. The summed E-state index contributed by atoms with van der Waals surface area (Å²) in [5, 5.41) is 4.28. The minimum absolute atomic E-state index is 0.782. The van der Waals surface area contributed by atoms with Gasteiger partial charge in [0.05, 0.1) is 0 Å². The minimum atomic E-state index is 0.782. The number of hydrogen-bond donors (Lipinski definition) is 2. The van der Waals surface area contributed by atoms with Gasteiger partial charge in [0, 0.05) is 32.3 Å². The predicted octanol–water partition coefficient (Wildman–Crippen LogP) is 6.98. The van der Waals surface area contributed by atoms with Gasteiger partial charge in [0.1, 0.15) is 0 Å². The number of nitrogen functional groups attached to an aromatic ring is 2. The highest BCUT2D eigenvalue weighted by Crippen LogP contribution is 2.36. The van der Waals surface area contributed by atoms with Crippen molar-refractivity contribution >= 4 is 58.4 Å². The molecule has 0 saturated carbocycles. The lowest BCUT2D eigenvalue weighted by Crippen LogP contribution is -1.83. The van der Waals surface area contributed by atoms with E-state index in [0.29, 0.717) is 0 Å². The molecule has 0 saturated heterocycles. The maximum Gasteiger partial charge on any atom is 0.0349 e. The van der Waals surface area contributed by atoms with Crippen LogP contribution in [0.2, 0.25) is 0 Å². The van der Waals surface area contributed by atoms with E-state index in [1.165, 1.54) is 20.9 Å². The molecule has 0 fully saturated rings. The fraction of sp³-hybridized carbons (Fsp3) is 0. The first kappa shape index (κ1) is 18.3. The van der Waals surface area contributed by atoms with Crippen molar-refractivity contribution in [1.29, 1.82) is 0 Å². The Morgan fingerprint density at radius 3 is 1.29 bits per heavy atom. The van der Waals surface area contributed by atoms with Gasteiger partial charge in [0.25, 0.3) is 0 Å². The predicted molar refractivity (Wildman–Crippen MR) is 127 cm³/mol. The average molecular weight is 401 g/mol. The summed E-state index contributed by atoms with van der Waals surface area (Å²) in [6, 6.07) is 20.2. The van der Waals surface area contributed by atoms with E-state index in [2.05, 4.69) is 47.2 Å². The van der Waals surface area contributed by atoms with Crippen LogP contribution in [0, 0.1) is 0 Å². The molecule has 138 valence electrons. The van der Waals surface area contributed by atoms with Crippen LogP contribution >= 0.6 is 22.7 Å². The maximum absolute atomic E-state index is 5.77. The van der Waals surface area contributed by atoms with Crippen molar-refractivity contribution < 1.29 is 0 Å². The SMILES string of the molecule is Nc1ccc(C=Cc2sccc2-c2ccsc2C=Cc2ccc(N)cc2)cc1. The van der Waals surface area contributed by atoms with Gasteiger partial charge in [-0.3, -0.25) is 0 Å². The molecular formula is C24H20N2S2. The van der Waals surface area contributed by atoms with Crippen molar-refractivity contribution in [3.63, 3.8) is 0 Å². The van der Waals surface area contributed by atoms with E-state index in [9.17, 15) is 0 Å². The minimum Gasteiger partial charge on any atom is -0.399 e. The summed E-state index contributed by atoms with van der Waals surface area (Å²) in [5.74, 6) is 0. The zero-order valence-corrected chi connectivity index (χ0v) is 16.8. The molecule has 2 aromatic heterocycles. The van der Waals surface area contributed by atoms with Gasteiger partial charge in [-0.25, -0.2) is 0 Å². The third kappa shape index (κ3) is 4.25. The molecule has 4 rings (SSSR count). The molecule has 2 aromatic carbocycles. The van der Waals surface area contributed by atoms with Crippen molar-refractivity contribution in [3.05, 3.63) is 92.3 Å². The van der Waals surface area contributed by atoms with E-state index in [1.807, 2.05) is 48.5 Å². The first-order chi connectivity index (χ1) is 13.7. The molecule has 0 amide bonds. The zero-order valence-electron chi connectivity index (χ0n) is 15.2. The van der Waals surface area contributed by atoms with Crippen LogP contribution in [0.5, 0.6) is 0 Å². The Balaban J connectivity index is 1.59. The molecule has 4 N–H and O–H groups in total. The largest absolute Gasteiger partial charge is 0.399 e. The van der Waals surface area contributed by atoms with Gasteiger partial charge in [-0.1, -0.05) is 36.4 Å². The Bertz CT molecular complexity index is 1020. The van der Waals surface area contributed by atoms with E-state index < -0.39 is 0 Å². The van der Waals surface area contributed by atoms with Crippen LogP contribution in [0.4, 0.5) is 11.4 Å². The second-order valence-corrected chi connectivity index (χ2v) is 8.29. The third-order valence-corrected chi connectivity index (χ3v) is 6.17. The Labute approximate surface area is 173 Å². The van der Waals surface area contributed by atoms with E-state index >= 15 is 0 Å². The number of thiophene rings is 2. The molecule has 0 aliphatic heterocycles. The maximum atomic E-state index is 5.77. The lowest BCUT2D eigenvalue weighted by atomic mass is 10.1. The van der Waals surface area contributed by atoms with Gasteiger partial charge >= 0.3 is 0 Å². The van der Waals surface area contributed by atoms with Crippen molar-refractivity contribution in [2.75, 3.05) is 11.5 Å². The fourth-order valence-corrected chi connectivity index (χ4v) is 4.51. The number of anilines is 2. The topological polar surface area (TPSA) is 52.0 Å². The normalized spacial score (nSPS) is 11.6. The van der Waals surface area contributed by atoms with Crippen LogP contribution in [0.25, 0.3) is 35.4 Å². The highest BCUT2D eigenvalue weighted by Gasteiger charge is 2.09. The van der Waals surface area contributed by atoms with Crippen LogP contribution in [-0.4, -0.2) is 0 Å². The molecule has 2 heterocycles. The van der Waals surface area contributed by atoms with Gasteiger partial charge in [-0.15, -0.1) is 22.7 Å². The van der Waals surface area contributed by atoms with Gasteiger partial charge in [0.15, 0.2) is 0 Å². The van der Waals surface area contributed by atoms with Crippen LogP contribution in [-0.2, 0) is 0 Å². The molecule has 4 heteroatoms. The monoisotopic (exact) mass is 400 g/mol. The van der Waals surface area contributed by atoms with E-state index in [0.717, 1.165) is 22.5 Å². The number of rotatable bonds is 5. The van der Waals surface area contributed by atoms with Crippen molar-refractivity contribution in [1.82, 2.24) is 0 Å². The van der Waals surface area contributed by atoms with Crippen molar-refractivity contribution in [2.45, 2.75) is 0 Å². The first-order valence-corrected chi connectivity index (χ1v) is 10.7. The highest BCUT2D eigenvalue weighted by atomic mass is 32.1. The average Bonchev–Trinajstić information content (AvgIpc) is 3.36. The molecule has 2 nitrogen and oxygen atoms in total. The molecule has 28 heavy (non-hydrogen) atoms. The van der Waals surface area contributed by atoms with Gasteiger partial charge < -0.3 is 11.5 Å². The molecular weight excluding hydrogens is 380 g/mol. The van der Waals surface area contributed by atoms with Crippen LogP contribution < -0.4 is 11.5 Å². The van der Waals surface area contributed by atoms with E-state index in [1.54, 1.807) is 22.7 Å². The summed E-state index contributed by atoms with van der Waals surface area (Å²) in [5.41, 5.74) is 17.9. The highest BCUT2D eigenvalue weighted by molar-refractivity contribution is 7.12. The number of nitrogens with two attached hydrogens (primary N) is 2. The second kappa shape index (κ2) is 8.30. The quantitative estimate of drug-likeness (QED) is 0.355. The van der Waals surface area contributed by atoms with Crippen LogP contribution in [0.1, 0.15) is 20.9 Å². The van der Waals surface area contributed by atoms with Crippen LogP contribution in [0.3, 0.4) is 0 Å². The summed E-state index contributed by atoms with van der Waals surface area (Å²) in [6.45, 7) is 0. The van der Waals surface area contributed by atoms with Gasteiger partial charge in [-0.2, -0.15) is 0 Å². The zero-order chi connectivity index (χ0) is 19.3. The second-order valence-electron chi connectivity index (χ2n) is 6.40. The van der Waals surface area contributed by atoms with Crippen molar-refractivity contribution in [2.24, 2.45) is 0 Å². The Morgan fingerprint density at radius 2 is 0.893 bits per heavy atom. The van der Waals surface area contributed by atoms with E-state index in [-0.39, 0.29) is 0 Å². The Morgan fingerprint density at radius 1 is 0.500 bits per heavy atom. The molecule has 4 aromatic rings. The standard InChI is InChI=1S/C24H20N2S2/c25-19-7-1-17(2-8-19)5-11-23-21(13-15-27-23)22-14-16-28-24(22)12-6-18-3-9-20(26)10-4-18/h1-16H,25-26H2. The first-order valence-electron chi connectivity index (χ1n) is 8.92. The summed E-state index contributed by atoms with van der Waals surface area (Å²) >= 11 is 3.50. The van der Waals surface area contributed by atoms with Crippen molar-refractivity contribution in [3.8, 4) is 11.1 Å². The fourth-order valence-electron chi connectivity index (χ4n) is 2.90. The van der Waals surface area contributed by atoms with Gasteiger partial charge in [0.2, 0.25) is 0 Å². The number of benzene rings is 2. The molecule has 0 unspecified atom stereocenters. The molecule has 0 aliphatic carbocycles. The summed E-state index contributed by atoms with van der Waals surface area (Å²) < 4.78 is 0.